The van der Waals surface area contributed by atoms with E-state index in [1.54, 1.807) is 12.0 Å². The number of hydrogen-bond donors (Lipinski definition) is 1. The van der Waals surface area contributed by atoms with E-state index in [4.69, 9.17) is 14.5 Å². The Hall–Kier alpha value is -2.67. The fourth-order valence-electron chi connectivity index (χ4n) is 4.94. The quantitative estimate of drug-likeness (QED) is 0.367. The van der Waals surface area contributed by atoms with Gasteiger partial charge in [0.25, 0.3) is 0 Å². The van der Waals surface area contributed by atoms with Crippen molar-refractivity contribution >= 4 is 17.1 Å². The van der Waals surface area contributed by atoms with Crippen LogP contribution in [0.1, 0.15) is 65.9 Å². The Balaban J connectivity index is 1.94. The van der Waals surface area contributed by atoms with Crippen LogP contribution in [0.2, 0.25) is 0 Å². The molecule has 3 atom stereocenters. The van der Waals surface area contributed by atoms with Crippen LogP contribution in [0.25, 0.3) is 11.0 Å². The molecule has 0 bridgehead atoms. The average molecular weight is 514 g/mol. The first-order chi connectivity index (χ1) is 17.5. The van der Waals surface area contributed by atoms with Gasteiger partial charge in [-0.2, -0.15) is 5.26 Å². The molecule has 1 amide bonds. The number of piperidine rings is 1. The lowest BCUT2D eigenvalue weighted by Gasteiger charge is -2.43. The number of ether oxygens (including phenoxy) is 2. The maximum absolute atomic E-state index is 12.9. The lowest BCUT2D eigenvalue weighted by Crippen LogP contribution is -2.55. The third kappa shape index (κ3) is 7.67. The van der Waals surface area contributed by atoms with Gasteiger partial charge in [-0.05, 0) is 58.1 Å². The Morgan fingerprint density at radius 1 is 1.27 bits per heavy atom. The van der Waals surface area contributed by atoms with E-state index in [0.717, 1.165) is 23.9 Å². The minimum Gasteiger partial charge on any atom is -0.444 e. The second kappa shape index (κ2) is 12.7. The Morgan fingerprint density at radius 3 is 2.65 bits per heavy atom. The van der Waals surface area contributed by atoms with Crippen LogP contribution in [0.15, 0.2) is 24.3 Å². The second-order valence-electron chi connectivity index (χ2n) is 11.4. The van der Waals surface area contributed by atoms with Gasteiger partial charge in [-0.1, -0.05) is 26.0 Å². The minimum atomic E-state index is -0.986. The number of rotatable bonds is 10. The molecular formula is C28H43N5O4. The van der Waals surface area contributed by atoms with Gasteiger partial charge in [0.05, 0.1) is 23.0 Å². The number of nitriles is 1. The first kappa shape index (κ1) is 28.9. The van der Waals surface area contributed by atoms with Crippen molar-refractivity contribution in [1.29, 1.82) is 5.26 Å². The Kier molecular flexibility index (Phi) is 9.93. The second-order valence-corrected chi connectivity index (χ2v) is 11.4. The number of unbranched alkanes of at least 4 members (excludes halogenated alkanes) is 1. The average Bonchev–Trinajstić information content (AvgIpc) is 3.22. The zero-order valence-electron chi connectivity index (χ0n) is 23.2. The summed E-state index contributed by atoms with van der Waals surface area (Å²) in [5, 5.41) is 21.6. The van der Waals surface area contributed by atoms with Crippen LogP contribution in [-0.4, -0.2) is 75.5 Å². The Morgan fingerprint density at radius 2 is 2.00 bits per heavy atom. The minimum absolute atomic E-state index is 0.218. The lowest BCUT2D eigenvalue weighted by atomic mass is 9.93. The molecule has 204 valence electrons. The van der Waals surface area contributed by atoms with Gasteiger partial charge in [0, 0.05) is 45.9 Å². The topological polar surface area (TPSA) is 104 Å². The molecule has 9 nitrogen and oxygen atoms in total. The Labute approximate surface area is 221 Å². The number of aryl methyl sites for hydroxylation is 1. The van der Waals surface area contributed by atoms with Gasteiger partial charge < -0.3 is 24.0 Å². The summed E-state index contributed by atoms with van der Waals surface area (Å²) in [6.07, 6.45) is 0.950. The van der Waals surface area contributed by atoms with E-state index in [1.165, 1.54) is 0 Å². The molecule has 1 saturated heterocycles. The number of para-hydroxylation sites is 2. The van der Waals surface area contributed by atoms with Gasteiger partial charge in [-0.25, -0.2) is 9.78 Å². The van der Waals surface area contributed by atoms with E-state index in [9.17, 15) is 15.2 Å². The zero-order valence-corrected chi connectivity index (χ0v) is 23.2. The monoisotopic (exact) mass is 513 g/mol. The van der Waals surface area contributed by atoms with Crippen LogP contribution in [0.3, 0.4) is 0 Å². The summed E-state index contributed by atoms with van der Waals surface area (Å²) < 4.78 is 12.9. The first-order valence-corrected chi connectivity index (χ1v) is 13.3. The van der Waals surface area contributed by atoms with E-state index >= 15 is 0 Å². The third-order valence-electron chi connectivity index (χ3n) is 6.52. The van der Waals surface area contributed by atoms with Crippen molar-refractivity contribution in [3.63, 3.8) is 0 Å². The molecule has 9 heteroatoms. The fraction of sp³-hybridized carbons (Fsp3) is 0.679. The Bertz CT molecular complexity index is 1070. The van der Waals surface area contributed by atoms with Crippen molar-refractivity contribution in [2.24, 2.45) is 11.8 Å². The number of aliphatic hydroxyl groups excluding tert-OH is 1. The lowest BCUT2D eigenvalue weighted by molar-refractivity contribution is -0.0659. The maximum atomic E-state index is 12.9. The highest BCUT2D eigenvalue weighted by Gasteiger charge is 2.38. The summed E-state index contributed by atoms with van der Waals surface area (Å²) >= 11 is 0. The summed E-state index contributed by atoms with van der Waals surface area (Å²) in [5.41, 5.74) is 1.19. The van der Waals surface area contributed by atoms with Crippen LogP contribution >= 0.6 is 0 Å². The normalized spacial score (nSPS) is 19.4. The number of hydrogen-bond acceptors (Lipinski definition) is 7. The molecule has 0 aliphatic carbocycles. The number of aliphatic hydroxyl groups is 1. The smallest absolute Gasteiger partial charge is 0.410 e. The largest absolute Gasteiger partial charge is 0.444 e. The van der Waals surface area contributed by atoms with Crippen molar-refractivity contribution in [3.8, 4) is 6.07 Å². The zero-order chi connectivity index (χ0) is 27.2. The van der Waals surface area contributed by atoms with Crippen LogP contribution in [0.4, 0.5) is 4.79 Å². The third-order valence-corrected chi connectivity index (χ3v) is 6.52. The number of nitrogens with zero attached hydrogens (tertiary/aromatic N) is 5. The molecule has 1 unspecified atom stereocenters. The molecule has 1 aliphatic heterocycles. The summed E-state index contributed by atoms with van der Waals surface area (Å²) in [6, 6.07) is 10.0. The predicted octanol–water partition coefficient (Wildman–Crippen LogP) is 4.56. The van der Waals surface area contributed by atoms with Gasteiger partial charge in [0.2, 0.25) is 0 Å². The van der Waals surface area contributed by atoms with Gasteiger partial charge in [0.15, 0.2) is 12.1 Å². The number of aromatic nitrogens is 2. The van der Waals surface area contributed by atoms with Crippen molar-refractivity contribution in [3.05, 3.63) is 30.1 Å². The summed E-state index contributed by atoms with van der Waals surface area (Å²) in [5.74, 6) is 0.495. The molecule has 0 radical (unpaired) electrons. The van der Waals surface area contributed by atoms with Crippen molar-refractivity contribution in [1.82, 2.24) is 19.4 Å². The first-order valence-electron chi connectivity index (χ1n) is 13.3. The molecule has 2 heterocycles. The molecule has 3 rings (SSSR count). The standard InChI is InChI=1S/C28H43N5O4/c1-20(2)17-33(22-15-21(16-29)18-31(19-22)27(35)37-28(3,4)5)26(34)25-30-23-11-7-8-12-24(23)32(25)13-9-10-14-36-6/h7-8,11-12,20-22,26,34H,9-10,13-15,17-19H2,1-6H3/t21-,22-,26?/m0/s1. The number of benzene rings is 1. The molecule has 2 aromatic rings. The fourth-order valence-corrected chi connectivity index (χ4v) is 4.94. The molecule has 1 fully saturated rings. The summed E-state index contributed by atoms with van der Waals surface area (Å²) in [7, 11) is 1.70. The predicted molar refractivity (Wildman–Crippen MR) is 143 cm³/mol. The molecular weight excluding hydrogens is 470 g/mol. The van der Waals surface area contributed by atoms with Gasteiger partial charge >= 0.3 is 6.09 Å². The van der Waals surface area contributed by atoms with E-state index in [1.807, 2.05) is 49.9 Å². The number of fused-ring (bicyclic) bond motifs is 1. The van der Waals surface area contributed by atoms with Gasteiger partial charge in [0.1, 0.15) is 5.60 Å². The van der Waals surface area contributed by atoms with E-state index in [0.29, 0.717) is 45.0 Å². The highest BCUT2D eigenvalue weighted by atomic mass is 16.6. The number of amides is 1. The molecule has 1 N–H and O–H groups in total. The maximum Gasteiger partial charge on any atom is 0.410 e. The van der Waals surface area contributed by atoms with E-state index < -0.39 is 17.9 Å². The molecule has 1 aliphatic rings. The molecule has 0 saturated carbocycles. The number of carbonyl (C=O) groups is 1. The van der Waals surface area contributed by atoms with Crippen LogP contribution in [0.5, 0.6) is 0 Å². The van der Waals surface area contributed by atoms with Crippen molar-refractivity contribution in [2.45, 2.75) is 78.3 Å². The van der Waals surface area contributed by atoms with Crippen molar-refractivity contribution < 1.29 is 19.4 Å². The highest BCUT2D eigenvalue weighted by molar-refractivity contribution is 5.76. The highest BCUT2D eigenvalue weighted by Crippen LogP contribution is 2.31. The summed E-state index contributed by atoms with van der Waals surface area (Å²) in [4.78, 5) is 21.4. The number of imidazole rings is 1. The molecule has 37 heavy (non-hydrogen) atoms. The number of carbonyl (C=O) groups excluding carboxylic acids is 1. The van der Waals surface area contributed by atoms with Gasteiger partial charge in [-0.15, -0.1) is 0 Å². The van der Waals surface area contributed by atoms with Crippen molar-refractivity contribution in [2.75, 3.05) is 33.4 Å². The SMILES string of the molecule is COCCCCn1c(C(O)N(CC(C)C)[C@H]2C[C@@H](C#N)CN(C(=O)OC(C)(C)C)C2)nc2ccccc21. The molecule has 1 aromatic carbocycles. The van der Waals surface area contributed by atoms with Crippen LogP contribution in [0, 0.1) is 23.2 Å². The number of methoxy groups -OCH3 is 1. The summed E-state index contributed by atoms with van der Waals surface area (Å²) in [6.45, 7) is 12.4. The van der Waals surface area contributed by atoms with E-state index in [-0.39, 0.29) is 17.9 Å². The molecule has 1 aromatic heterocycles. The number of likely N-dealkylation sites (tertiary alicyclic amines) is 1. The molecule has 0 spiro atoms. The van der Waals surface area contributed by atoms with Crippen LogP contribution in [-0.2, 0) is 16.0 Å². The van der Waals surface area contributed by atoms with E-state index in [2.05, 4.69) is 24.5 Å². The van der Waals surface area contributed by atoms with Crippen LogP contribution < -0.4 is 0 Å². The van der Waals surface area contributed by atoms with Gasteiger partial charge in [-0.3, -0.25) is 4.90 Å².